The lowest BCUT2D eigenvalue weighted by Crippen LogP contribution is -2.09. The van der Waals surface area contributed by atoms with E-state index < -0.39 is 0 Å². The van der Waals surface area contributed by atoms with Crippen molar-refractivity contribution >= 4 is 22.7 Å². The molecule has 39 heavy (non-hydrogen) atoms. The first-order valence-corrected chi connectivity index (χ1v) is 15.7. The molecule has 3 heteroatoms. The number of nitrogens with zero attached hydrogens (tertiary/aromatic N) is 1. The summed E-state index contributed by atoms with van der Waals surface area (Å²) < 4.78 is 6.05. The largest absolute Gasteiger partial charge is 0.494 e. The molecule has 3 aromatic carbocycles. The van der Waals surface area contributed by atoms with E-state index in [0.717, 1.165) is 41.5 Å². The normalized spacial score (nSPS) is 11.0. The molecule has 2 N–H and O–H groups in total. The second-order valence-corrected chi connectivity index (χ2v) is 10.9. The molecule has 0 aliphatic heterocycles. The van der Waals surface area contributed by atoms with Gasteiger partial charge in [0.25, 0.3) is 0 Å². The SMILES string of the molecule is CCCCCCCCCCCCCCCCCCOc1ccc(N(c2ccccc2)c2ccc(N)cc2)cc1. The molecule has 0 heterocycles. The van der Waals surface area contributed by atoms with Crippen molar-refractivity contribution in [2.24, 2.45) is 0 Å². The highest BCUT2D eigenvalue weighted by Crippen LogP contribution is 2.35. The first-order chi connectivity index (χ1) is 19.3. The molecule has 0 bridgehead atoms. The molecule has 3 nitrogen and oxygen atoms in total. The Morgan fingerprint density at radius 3 is 1.38 bits per heavy atom. The molecule has 0 saturated heterocycles. The highest BCUT2D eigenvalue weighted by molar-refractivity contribution is 5.77. The van der Waals surface area contributed by atoms with Crippen molar-refractivity contribution in [1.82, 2.24) is 0 Å². The summed E-state index contributed by atoms with van der Waals surface area (Å²) >= 11 is 0. The van der Waals surface area contributed by atoms with Gasteiger partial charge >= 0.3 is 0 Å². The van der Waals surface area contributed by atoms with Gasteiger partial charge in [-0.25, -0.2) is 0 Å². The van der Waals surface area contributed by atoms with Crippen LogP contribution in [0.3, 0.4) is 0 Å². The zero-order valence-corrected chi connectivity index (χ0v) is 24.5. The van der Waals surface area contributed by atoms with Crippen LogP contribution in [0.25, 0.3) is 0 Å². The van der Waals surface area contributed by atoms with Gasteiger partial charge in [0.1, 0.15) is 5.75 Å². The monoisotopic (exact) mass is 528 g/mol. The van der Waals surface area contributed by atoms with Gasteiger partial charge in [0.05, 0.1) is 6.61 Å². The van der Waals surface area contributed by atoms with Gasteiger partial charge in [-0.15, -0.1) is 0 Å². The Bertz CT molecular complexity index is 985. The predicted molar refractivity (Wildman–Crippen MR) is 171 cm³/mol. The number of unbranched alkanes of at least 4 members (excludes halogenated alkanes) is 15. The third kappa shape index (κ3) is 12.2. The minimum atomic E-state index is 0.768. The smallest absolute Gasteiger partial charge is 0.119 e. The van der Waals surface area contributed by atoms with Crippen LogP contribution in [0, 0.1) is 0 Å². The zero-order chi connectivity index (χ0) is 27.4. The second kappa shape index (κ2) is 19.2. The van der Waals surface area contributed by atoms with Gasteiger partial charge in [0.2, 0.25) is 0 Å². The minimum absolute atomic E-state index is 0.768. The lowest BCUT2D eigenvalue weighted by atomic mass is 10.0. The van der Waals surface area contributed by atoms with Crippen LogP contribution in [0.1, 0.15) is 110 Å². The summed E-state index contributed by atoms with van der Waals surface area (Å²) in [5.41, 5.74) is 9.99. The number of rotatable bonds is 21. The molecule has 0 aromatic heterocycles. The standard InChI is InChI=1S/C36H52N2O/c1-2-3-4-5-6-7-8-9-10-11-12-13-14-15-16-20-31-39-36-29-27-35(28-30-36)38(33-21-18-17-19-22-33)34-25-23-32(37)24-26-34/h17-19,21-30H,2-16,20,31,37H2,1H3. The first-order valence-electron chi connectivity index (χ1n) is 15.7. The van der Waals surface area contributed by atoms with Crippen LogP contribution in [0.4, 0.5) is 22.7 Å². The van der Waals surface area contributed by atoms with E-state index in [1.807, 2.05) is 18.2 Å². The fourth-order valence-corrected chi connectivity index (χ4v) is 5.18. The van der Waals surface area contributed by atoms with Crippen molar-refractivity contribution in [3.05, 3.63) is 78.9 Å². The Hall–Kier alpha value is -2.94. The van der Waals surface area contributed by atoms with E-state index in [1.54, 1.807) is 0 Å². The van der Waals surface area contributed by atoms with E-state index in [0.29, 0.717) is 0 Å². The maximum Gasteiger partial charge on any atom is 0.119 e. The highest BCUT2D eigenvalue weighted by atomic mass is 16.5. The van der Waals surface area contributed by atoms with Crippen LogP contribution in [0.15, 0.2) is 78.9 Å². The zero-order valence-electron chi connectivity index (χ0n) is 24.5. The Kier molecular flexibility index (Phi) is 15.0. The summed E-state index contributed by atoms with van der Waals surface area (Å²) in [4.78, 5) is 2.23. The van der Waals surface area contributed by atoms with Gasteiger partial charge in [-0.05, 0) is 67.1 Å². The van der Waals surface area contributed by atoms with E-state index in [2.05, 4.69) is 72.5 Å². The second-order valence-electron chi connectivity index (χ2n) is 10.9. The van der Waals surface area contributed by atoms with Gasteiger partial charge < -0.3 is 15.4 Å². The number of hydrogen-bond acceptors (Lipinski definition) is 3. The molecule has 0 atom stereocenters. The molecule has 0 unspecified atom stereocenters. The Morgan fingerprint density at radius 1 is 0.487 bits per heavy atom. The van der Waals surface area contributed by atoms with E-state index in [9.17, 15) is 0 Å². The maximum atomic E-state index is 6.05. The van der Waals surface area contributed by atoms with Gasteiger partial charge in [0.15, 0.2) is 0 Å². The van der Waals surface area contributed by atoms with Crippen LogP contribution >= 0.6 is 0 Å². The number of nitrogen functional groups attached to an aromatic ring is 1. The summed E-state index contributed by atoms with van der Waals surface area (Å²) in [6, 6.07) is 26.8. The summed E-state index contributed by atoms with van der Waals surface area (Å²) in [6.07, 6.45) is 22.2. The minimum Gasteiger partial charge on any atom is -0.494 e. The van der Waals surface area contributed by atoms with E-state index >= 15 is 0 Å². The fourth-order valence-electron chi connectivity index (χ4n) is 5.18. The number of hydrogen-bond donors (Lipinski definition) is 1. The van der Waals surface area contributed by atoms with E-state index in [1.165, 1.54) is 96.3 Å². The molecule has 0 saturated carbocycles. The maximum absolute atomic E-state index is 6.05. The molecular weight excluding hydrogens is 476 g/mol. The van der Waals surface area contributed by atoms with Crippen LogP contribution in [-0.2, 0) is 0 Å². The van der Waals surface area contributed by atoms with Gasteiger partial charge in [-0.1, -0.05) is 121 Å². The van der Waals surface area contributed by atoms with E-state index in [4.69, 9.17) is 10.5 Å². The summed E-state index contributed by atoms with van der Waals surface area (Å²) in [7, 11) is 0. The quantitative estimate of drug-likeness (QED) is 0.110. The molecule has 0 aliphatic rings. The Labute approximate surface area is 238 Å². The molecule has 212 valence electrons. The third-order valence-electron chi connectivity index (χ3n) is 7.53. The summed E-state index contributed by atoms with van der Waals surface area (Å²) in [6.45, 7) is 3.08. The van der Waals surface area contributed by atoms with Crippen molar-refractivity contribution in [3.63, 3.8) is 0 Å². The fraction of sp³-hybridized carbons (Fsp3) is 0.500. The number of ether oxygens (including phenoxy) is 1. The summed E-state index contributed by atoms with van der Waals surface area (Å²) in [5.74, 6) is 0.935. The molecule has 0 spiro atoms. The average molecular weight is 529 g/mol. The molecule has 3 rings (SSSR count). The highest BCUT2D eigenvalue weighted by Gasteiger charge is 2.12. The lowest BCUT2D eigenvalue weighted by Gasteiger charge is -2.25. The Balaban J connectivity index is 1.26. The van der Waals surface area contributed by atoms with Crippen molar-refractivity contribution in [2.45, 2.75) is 110 Å². The molecule has 3 aromatic rings. The van der Waals surface area contributed by atoms with Gasteiger partial charge in [-0.3, -0.25) is 0 Å². The first kappa shape index (κ1) is 30.6. The number of benzene rings is 3. The van der Waals surface area contributed by atoms with Crippen molar-refractivity contribution in [3.8, 4) is 5.75 Å². The van der Waals surface area contributed by atoms with Crippen LogP contribution < -0.4 is 15.4 Å². The molecule has 0 aliphatic carbocycles. The van der Waals surface area contributed by atoms with Crippen LogP contribution in [0.2, 0.25) is 0 Å². The third-order valence-corrected chi connectivity index (χ3v) is 7.53. The van der Waals surface area contributed by atoms with Crippen LogP contribution in [-0.4, -0.2) is 6.61 Å². The topological polar surface area (TPSA) is 38.5 Å². The number of para-hydroxylation sites is 1. The average Bonchev–Trinajstić information content (AvgIpc) is 2.97. The van der Waals surface area contributed by atoms with Crippen LogP contribution in [0.5, 0.6) is 5.75 Å². The molecular formula is C36H52N2O. The van der Waals surface area contributed by atoms with Crippen molar-refractivity contribution in [1.29, 1.82) is 0 Å². The summed E-state index contributed by atoms with van der Waals surface area (Å²) in [5, 5.41) is 0. The van der Waals surface area contributed by atoms with E-state index in [-0.39, 0.29) is 0 Å². The molecule has 0 fully saturated rings. The molecule has 0 radical (unpaired) electrons. The number of nitrogens with two attached hydrogens (primary N) is 1. The molecule has 0 amide bonds. The predicted octanol–water partition coefficient (Wildman–Crippen LogP) is 11.4. The van der Waals surface area contributed by atoms with Gasteiger partial charge in [-0.2, -0.15) is 0 Å². The van der Waals surface area contributed by atoms with Gasteiger partial charge in [0, 0.05) is 22.7 Å². The number of anilines is 4. The Morgan fingerprint density at radius 2 is 0.897 bits per heavy atom. The lowest BCUT2D eigenvalue weighted by molar-refractivity contribution is 0.304. The van der Waals surface area contributed by atoms with Crippen molar-refractivity contribution in [2.75, 3.05) is 17.2 Å². The van der Waals surface area contributed by atoms with Crippen molar-refractivity contribution < 1.29 is 4.74 Å².